The van der Waals surface area contributed by atoms with Crippen LogP contribution in [0.1, 0.15) is 60.1 Å². The fourth-order valence-electron chi connectivity index (χ4n) is 7.31. The zero-order valence-corrected chi connectivity index (χ0v) is 20.9. The summed E-state index contributed by atoms with van der Waals surface area (Å²) in [5, 5.41) is 18.5. The average Bonchev–Trinajstić information content (AvgIpc) is 3.38. The van der Waals surface area contributed by atoms with Crippen LogP contribution < -0.4 is 4.90 Å². The minimum absolute atomic E-state index is 0.121. The zero-order chi connectivity index (χ0) is 24.9. The summed E-state index contributed by atoms with van der Waals surface area (Å²) in [5.74, 6) is 2.25. The lowest BCUT2D eigenvalue weighted by atomic mass is 9.49. The molecule has 6 nitrogen and oxygen atoms in total. The van der Waals surface area contributed by atoms with Gasteiger partial charge in [0.05, 0.1) is 17.6 Å². The molecule has 0 aliphatic heterocycles. The third-order valence-electron chi connectivity index (χ3n) is 8.59. The van der Waals surface area contributed by atoms with Gasteiger partial charge in [-0.05, 0) is 104 Å². The van der Waals surface area contributed by atoms with Gasteiger partial charge in [-0.2, -0.15) is 5.26 Å². The summed E-state index contributed by atoms with van der Waals surface area (Å²) < 4.78 is 1.98. The average molecular weight is 478 g/mol. The SMILES string of the molecule is CN(C)c1ccc(/C=C(\C#N)C(=O)c2ccc(-n3nncc3C34CC5CC(CC(C5)C3)C4)cc2)cc1. The van der Waals surface area contributed by atoms with Crippen LogP contribution in [0.5, 0.6) is 0 Å². The van der Waals surface area contributed by atoms with Crippen LogP contribution in [0, 0.1) is 29.1 Å². The van der Waals surface area contributed by atoms with Gasteiger partial charge in [0.2, 0.25) is 5.78 Å². The monoisotopic (exact) mass is 477 g/mol. The lowest BCUT2D eigenvalue weighted by Crippen LogP contribution is -2.49. The fraction of sp³-hybridized carbons (Fsp3) is 0.400. The molecule has 36 heavy (non-hydrogen) atoms. The summed E-state index contributed by atoms with van der Waals surface area (Å²) in [6, 6.07) is 17.3. The summed E-state index contributed by atoms with van der Waals surface area (Å²) in [7, 11) is 3.95. The number of carbonyl (C=O) groups is 1. The molecule has 1 heterocycles. The Morgan fingerprint density at radius 1 is 1.00 bits per heavy atom. The van der Waals surface area contributed by atoms with E-state index in [2.05, 4.69) is 16.4 Å². The standard InChI is InChI=1S/C30H31N5O/c1-34(2)26-7-3-20(4-8-26)14-25(18-31)29(36)24-5-9-27(10-6-24)35-28(19-32-33-35)30-15-21-11-22(16-30)13-23(12-21)17-30/h3-10,14,19,21-23H,11-13,15-17H2,1-2H3/b25-14+. The number of carbonyl (C=O) groups excluding carboxylic acids is 1. The van der Waals surface area contributed by atoms with E-state index in [0.717, 1.165) is 34.7 Å². The molecular weight excluding hydrogens is 446 g/mol. The van der Waals surface area contributed by atoms with Crippen molar-refractivity contribution < 1.29 is 4.79 Å². The van der Waals surface area contributed by atoms with Gasteiger partial charge in [0, 0.05) is 30.8 Å². The molecule has 0 amide bonds. The van der Waals surface area contributed by atoms with Crippen molar-refractivity contribution >= 4 is 17.5 Å². The van der Waals surface area contributed by atoms with Gasteiger partial charge in [-0.1, -0.05) is 17.3 Å². The molecule has 3 aromatic rings. The largest absolute Gasteiger partial charge is 0.378 e. The Labute approximate surface area is 212 Å². The predicted octanol–water partition coefficient (Wildman–Crippen LogP) is 5.59. The fourth-order valence-corrected chi connectivity index (χ4v) is 7.31. The number of ketones is 1. The second kappa shape index (κ2) is 8.74. The van der Waals surface area contributed by atoms with Crippen LogP contribution in [0.2, 0.25) is 0 Å². The molecule has 6 heteroatoms. The highest BCUT2D eigenvalue weighted by Gasteiger charge is 2.53. The van der Waals surface area contributed by atoms with Crippen LogP contribution in [0.3, 0.4) is 0 Å². The van der Waals surface area contributed by atoms with E-state index in [9.17, 15) is 10.1 Å². The van der Waals surface area contributed by atoms with Gasteiger partial charge in [-0.15, -0.1) is 5.10 Å². The van der Waals surface area contributed by atoms with Crippen molar-refractivity contribution in [2.24, 2.45) is 17.8 Å². The zero-order valence-electron chi connectivity index (χ0n) is 20.9. The van der Waals surface area contributed by atoms with Crippen molar-refractivity contribution in [1.82, 2.24) is 15.0 Å². The molecule has 1 aromatic heterocycles. The maximum atomic E-state index is 13.1. The molecule has 0 atom stereocenters. The molecule has 182 valence electrons. The lowest BCUT2D eigenvalue weighted by Gasteiger charge is -2.56. The van der Waals surface area contributed by atoms with Crippen LogP contribution in [-0.4, -0.2) is 34.9 Å². The van der Waals surface area contributed by atoms with E-state index in [1.165, 1.54) is 44.2 Å². The van der Waals surface area contributed by atoms with Crippen LogP contribution in [0.25, 0.3) is 11.8 Å². The first-order valence-corrected chi connectivity index (χ1v) is 12.9. The number of aromatic nitrogens is 3. The highest BCUT2D eigenvalue weighted by atomic mass is 16.1. The smallest absolute Gasteiger partial charge is 0.203 e. The molecule has 4 aliphatic carbocycles. The summed E-state index contributed by atoms with van der Waals surface area (Å²) >= 11 is 0. The molecule has 0 saturated heterocycles. The van der Waals surface area contributed by atoms with Crippen molar-refractivity contribution in [2.75, 3.05) is 19.0 Å². The van der Waals surface area contributed by atoms with Crippen molar-refractivity contribution in [1.29, 1.82) is 5.26 Å². The molecular formula is C30H31N5O. The molecule has 0 unspecified atom stereocenters. The molecule has 0 radical (unpaired) electrons. The van der Waals surface area contributed by atoms with Crippen LogP contribution in [0.4, 0.5) is 5.69 Å². The number of nitriles is 1. The van der Waals surface area contributed by atoms with Crippen molar-refractivity contribution in [3.63, 3.8) is 0 Å². The van der Waals surface area contributed by atoms with E-state index in [1.807, 2.05) is 66.3 Å². The maximum Gasteiger partial charge on any atom is 0.203 e. The van der Waals surface area contributed by atoms with Gasteiger partial charge in [-0.25, -0.2) is 4.68 Å². The Kier molecular flexibility index (Phi) is 5.52. The summed E-state index contributed by atoms with van der Waals surface area (Å²) in [5.41, 5.74) is 4.82. The van der Waals surface area contributed by atoms with Crippen molar-refractivity contribution in [3.8, 4) is 11.8 Å². The second-order valence-corrected chi connectivity index (χ2v) is 11.3. The normalized spacial score (nSPS) is 26.6. The van der Waals surface area contributed by atoms with Crippen molar-refractivity contribution in [2.45, 2.75) is 43.9 Å². The van der Waals surface area contributed by atoms with E-state index in [1.54, 1.807) is 18.2 Å². The molecule has 0 spiro atoms. The van der Waals surface area contributed by atoms with Gasteiger partial charge in [0.15, 0.2) is 0 Å². The van der Waals surface area contributed by atoms with E-state index >= 15 is 0 Å². The molecule has 4 fully saturated rings. The highest BCUT2D eigenvalue weighted by Crippen LogP contribution is 2.60. The molecule has 7 rings (SSSR count). The third-order valence-corrected chi connectivity index (χ3v) is 8.59. The Balaban J connectivity index is 1.25. The van der Waals surface area contributed by atoms with Gasteiger partial charge < -0.3 is 4.90 Å². The predicted molar refractivity (Wildman–Crippen MR) is 140 cm³/mol. The number of rotatable bonds is 6. The summed E-state index contributed by atoms with van der Waals surface area (Å²) in [6.45, 7) is 0. The molecule has 0 N–H and O–H groups in total. The first-order chi connectivity index (χ1) is 17.4. The van der Waals surface area contributed by atoms with Gasteiger partial charge >= 0.3 is 0 Å². The van der Waals surface area contributed by atoms with Gasteiger partial charge in [-0.3, -0.25) is 4.79 Å². The van der Waals surface area contributed by atoms with E-state index in [-0.39, 0.29) is 16.8 Å². The van der Waals surface area contributed by atoms with Gasteiger partial charge in [0.1, 0.15) is 11.6 Å². The Morgan fingerprint density at radius 2 is 1.61 bits per heavy atom. The Hall–Kier alpha value is -3.72. The van der Waals surface area contributed by atoms with Crippen LogP contribution >= 0.6 is 0 Å². The maximum absolute atomic E-state index is 13.1. The van der Waals surface area contributed by atoms with E-state index < -0.39 is 0 Å². The minimum Gasteiger partial charge on any atom is -0.378 e. The third kappa shape index (κ3) is 3.93. The number of hydrogen-bond donors (Lipinski definition) is 0. The molecule has 4 saturated carbocycles. The number of nitrogens with zero attached hydrogens (tertiary/aromatic N) is 5. The first kappa shape index (κ1) is 22.7. The van der Waals surface area contributed by atoms with Crippen LogP contribution in [-0.2, 0) is 5.41 Å². The quantitative estimate of drug-likeness (QED) is 0.263. The number of hydrogen-bond acceptors (Lipinski definition) is 5. The lowest BCUT2D eigenvalue weighted by molar-refractivity contribution is -0.00828. The van der Waals surface area contributed by atoms with E-state index in [4.69, 9.17) is 0 Å². The Morgan fingerprint density at radius 3 is 2.17 bits per heavy atom. The second-order valence-electron chi connectivity index (χ2n) is 11.3. The van der Waals surface area contributed by atoms with Gasteiger partial charge in [0.25, 0.3) is 0 Å². The van der Waals surface area contributed by atoms with Crippen LogP contribution in [0.15, 0.2) is 60.3 Å². The first-order valence-electron chi connectivity index (χ1n) is 12.9. The number of allylic oxidation sites excluding steroid dienone is 1. The molecule has 2 aromatic carbocycles. The molecule has 4 bridgehead atoms. The Bertz CT molecular complexity index is 1320. The van der Waals surface area contributed by atoms with E-state index in [0.29, 0.717) is 5.56 Å². The molecule has 4 aliphatic rings. The summed E-state index contributed by atoms with van der Waals surface area (Å²) in [6.07, 6.45) is 11.5. The number of Topliss-reactive ketones (excluding diaryl/α,β-unsaturated/α-hetero) is 1. The van der Waals surface area contributed by atoms with Crippen molar-refractivity contribution in [3.05, 3.63) is 77.1 Å². The topological polar surface area (TPSA) is 74.8 Å². The highest BCUT2D eigenvalue weighted by molar-refractivity contribution is 6.14. The summed E-state index contributed by atoms with van der Waals surface area (Å²) in [4.78, 5) is 15.1. The number of benzene rings is 2. The minimum atomic E-state index is -0.277. The number of anilines is 1.